The van der Waals surface area contributed by atoms with Crippen LogP contribution in [0.3, 0.4) is 0 Å². The van der Waals surface area contributed by atoms with E-state index in [4.69, 9.17) is 0 Å². The third-order valence-corrected chi connectivity index (χ3v) is 3.85. The second-order valence-corrected chi connectivity index (χ2v) is 5.40. The zero-order chi connectivity index (χ0) is 15.4. The van der Waals surface area contributed by atoms with Gasteiger partial charge in [-0.15, -0.1) is 0 Å². The van der Waals surface area contributed by atoms with Gasteiger partial charge in [0.05, 0.1) is 17.4 Å². The van der Waals surface area contributed by atoms with Crippen molar-refractivity contribution in [3.63, 3.8) is 0 Å². The Bertz CT molecular complexity index is 668. The molecule has 4 nitrogen and oxygen atoms in total. The molecule has 1 N–H and O–H groups in total. The Hall–Kier alpha value is -2.43. The first-order chi connectivity index (χ1) is 10.7. The predicted octanol–water partition coefficient (Wildman–Crippen LogP) is 2.75. The SMILES string of the molecule is O=C(NCc1ccccc1F)c1cncc(N2CCCC2)c1. The summed E-state index contributed by atoms with van der Waals surface area (Å²) in [5.41, 5.74) is 1.94. The second-order valence-electron chi connectivity index (χ2n) is 5.40. The molecule has 1 saturated heterocycles. The van der Waals surface area contributed by atoms with Crippen molar-refractivity contribution in [1.82, 2.24) is 10.3 Å². The Kier molecular flexibility index (Phi) is 4.32. The highest BCUT2D eigenvalue weighted by molar-refractivity contribution is 5.94. The Labute approximate surface area is 129 Å². The maximum atomic E-state index is 13.5. The van der Waals surface area contributed by atoms with Crippen LogP contribution in [0.1, 0.15) is 28.8 Å². The molecule has 0 unspecified atom stereocenters. The summed E-state index contributed by atoms with van der Waals surface area (Å²) < 4.78 is 13.5. The van der Waals surface area contributed by atoms with Gasteiger partial charge >= 0.3 is 0 Å². The highest BCUT2D eigenvalue weighted by Gasteiger charge is 2.15. The number of anilines is 1. The van der Waals surface area contributed by atoms with Crippen molar-refractivity contribution in [2.45, 2.75) is 19.4 Å². The first-order valence-corrected chi connectivity index (χ1v) is 7.45. The average Bonchev–Trinajstić information content (AvgIpc) is 3.08. The lowest BCUT2D eigenvalue weighted by Crippen LogP contribution is -2.24. The number of nitrogens with zero attached hydrogens (tertiary/aromatic N) is 2. The first-order valence-electron chi connectivity index (χ1n) is 7.45. The molecule has 0 radical (unpaired) electrons. The molecule has 1 aliphatic rings. The highest BCUT2D eigenvalue weighted by Crippen LogP contribution is 2.20. The van der Waals surface area contributed by atoms with Crippen molar-refractivity contribution in [2.75, 3.05) is 18.0 Å². The summed E-state index contributed by atoms with van der Waals surface area (Å²) in [6.45, 7) is 2.17. The fraction of sp³-hybridized carbons (Fsp3) is 0.294. The number of nitrogens with one attached hydrogen (secondary N) is 1. The van der Waals surface area contributed by atoms with Crippen LogP contribution in [0, 0.1) is 5.82 Å². The molecule has 3 rings (SSSR count). The van der Waals surface area contributed by atoms with E-state index in [0.717, 1.165) is 18.8 Å². The van der Waals surface area contributed by atoms with E-state index in [1.54, 1.807) is 24.4 Å². The maximum absolute atomic E-state index is 13.5. The first kappa shape index (κ1) is 14.5. The van der Waals surface area contributed by atoms with Crippen LogP contribution in [0.25, 0.3) is 0 Å². The van der Waals surface area contributed by atoms with Crippen LogP contribution in [0.4, 0.5) is 10.1 Å². The number of carbonyl (C=O) groups excluding carboxylic acids is 1. The van der Waals surface area contributed by atoms with Crippen LogP contribution >= 0.6 is 0 Å². The summed E-state index contributed by atoms with van der Waals surface area (Å²) in [6, 6.07) is 8.27. The Balaban J connectivity index is 1.67. The minimum absolute atomic E-state index is 0.166. The fourth-order valence-corrected chi connectivity index (χ4v) is 2.62. The smallest absolute Gasteiger partial charge is 0.253 e. The third kappa shape index (κ3) is 3.24. The van der Waals surface area contributed by atoms with Gasteiger partial charge < -0.3 is 10.2 Å². The minimum Gasteiger partial charge on any atom is -0.370 e. The number of amides is 1. The summed E-state index contributed by atoms with van der Waals surface area (Å²) in [6.07, 6.45) is 5.66. The molecule has 0 bridgehead atoms. The molecule has 1 aromatic heterocycles. The molecular weight excluding hydrogens is 281 g/mol. The van der Waals surface area contributed by atoms with Crippen LogP contribution in [0.5, 0.6) is 0 Å². The molecule has 0 spiro atoms. The molecule has 0 saturated carbocycles. The van der Waals surface area contributed by atoms with Crippen molar-refractivity contribution in [2.24, 2.45) is 0 Å². The van der Waals surface area contributed by atoms with Crippen molar-refractivity contribution in [3.05, 3.63) is 59.7 Å². The molecule has 1 aliphatic heterocycles. The number of carbonyl (C=O) groups is 1. The normalized spacial score (nSPS) is 14.1. The molecule has 1 fully saturated rings. The molecule has 1 aromatic carbocycles. The Morgan fingerprint density at radius 2 is 2.00 bits per heavy atom. The fourth-order valence-electron chi connectivity index (χ4n) is 2.62. The molecule has 22 heavy (non-hydrogen) atoms. The monoisotopic (exact) mass is 299 g/mol. The quantitative estimate of drug-likeness (QED) is 0.944. The number of pyridine rings is 1. The minimum atomic E-state index is -0.313. The topological polar surface area (TPSA) is 45.2 Å². The van der Waals surface area contributed by atoms with Crippen LogP contribution in [-0.2, 0) is 6.54 Å². The van der Waals surface area contributed by atoms with Crippen LogP contribution < -0.4 is 10.2 Å². The van der Waals surface area contributed by atoms with Gasteiger partial charge in [-0.1, -0.05) is 18.2 Å². The van der Waals surface area contributed by atoms with Gasteiger partial charge in [0.2, 0.25) is 0 Å². The Morgan fingerprint density at radius 3 is 2.77 bits per heavy atom. The molecule has 2 aromatic rings. The van der Waals surface area contributed by atoms with Gasteiger partial charge in [0.25, 0.3) is 5.91 Å². The van der Waals surface area contributed by atoms with Gasteiger partial charge in [0.15, 0.2) is 0 Å². The van der Waals surface area contributed by atoms with Gasteiger partial charge in [0, 0.05) is 31.4 Å². The Morgan fingerprint density at radius 1 is 1.23 bits per heavy atom. The van der Waals surface area contributed by atoms with Crippen molar-refractivity contribution in [3.8, 4) is 0 Å². The summed E-state index contributed by atoms with van der Waals surface area (Å²) in [4.78, 5) is 18.6. The standard InChI is InChI=1S/C17H18FN3O/c18-16-6-2-1-5-13(16)11-20-17(22)14-9-15(12-19-10-14)21-7-3-4-8-21/h1-2,5-6,9-10,12H,3-4,7-8,11H2,(H,20,22). The van der Waals surface area contributed by atoms with Gasteiger partial charge in [-0.25, -0.2) is 4.39 Å². The molecule has 5 heteroatoms. The van der Waals surface area contributed by atoms with Gasteiger partial charge in [-0.3, -0.25) is 9.78 Å². The molecule has 2 heterocycles. The largest absolute Gasteiger partial charge is 0.370 e. The predicted molar refractivity (Wildman–Crippen MR) is 83.3 cm³/mol. The highest BCUT2D eigenvalue weighted by atomic mass is 19.1. The number of aromatic nitrogens is 1. The summed E-state index contributed by atoms with van der Waals surface area (Å²) in [5, 5.41) is 2.74. The van der Waals surface area contributed by atoms with Crippen molar-refractivity contribution >= 4 is 11.6 Å². The molecule has 114 valence electrons. The lowest BCUT2D eigenvalue weighted by Gasteiger charge is -2.17. The molecule has 0 aliphatic carbocycles. The van der Waals surface area contributed by atoms with Gasteiger partial charge in [-0.2, -0.15) is 0 Å². The summed E-state index contributed by atoms with van der Waals surface area (Å²) in [5.74, 6) is -0.552. The number of rotatable bonds is 4. The van der Waals surface area contributed by atoms with E-state index in [0.29, 0.717) is 11.1 Å². The average molecular weight is 299 g/mol. The van der Waals surface area contributed by atoms with Crippen LogP contribution in [-0.4, -0.2) is 24.0 Å². The zero-order valence-corrected chi connectivity index (χ0v) is 12.3. The van der Waals surface area contributed by atoms with E-state index < -0.39 is 0 Å². The van der Waals surface area contributed by atoms with Crippen molar-refractivity contribution < 1.29 is 9.18 Å². The van der Waals surface area contributed by atoms with E-state index in [9.17, 15) is 9.18 Å². The van der Waals surface area contributed by atoms with E-state index in [1.807, 2.05) is 6.07 Å². The summed E-state index contributed by atoms with van der Waals surface area (Å²) in [7, 11) is 0. The number of halogens is 1. The molecule has 1 amide bonds. The van der Waals surface area contributed by atoms with E-state index in [-0.39, 0.29) is 18.3 Å². The van der Waals surface area contributed by atoms with Gasteiger partial charge in [-0.05, 0) is 25.0 Å². The maximum Gasteiger partial charge on any atom is 0.253 e. The van der Waals surface area contributed by atoms with Gasteiger partial charge in [0.1, 0.15) is 5.82 Å². The number of benzene rings is 1. The van der Waals surface area contributed by atoms with E-state index >= 15 is 0 Å². The lowest BCUT2D eigenvalue weighted by atomic mass is 10.2. The lowest BCUT2D eigenvalue weighted by molar-refractivity contribution is 0.0950. The number of hydrogen-bond donors (Lipinski definition) is 1. The molecular formula is C17H18FN3O. The molecule has 0 atom stereocenters. The summed E-state index contributed by atoms with van der Waals surface area (Å²) >= 11 is 0. The number of hydrogen-bond acceptors (Lipinski definition) is 3. The third-order valence-electron chi connectivity index (χ3n) is 3.85. The van der Waals surface area contributed by atoms with E-state index in [2.05, 4.69) is 15.2 Å². The van der Waals surface area contributed by atoms with Crippen LogP contribution in [0.2, 0.25) is 0 Å². The van der Waals surface area contributed by atoms with Crippen LogP contribution in [0.15, 0.2) is 42.7 Å². The second kappa shape index (κ2) is 6.56. The zero-order valence-electron chi connectivity index (χ0n) is 12.3. The van der Waals surface area contributed by atoms with E-state index in [1.165, 1.54) is 25.1 Å². The van der Waals surface area contributed by atoms with Crippen molar-refractivity contribution in [1.29, 1.82) is 0 Å².